The van der Waals surface area contributed by atoms with Crippen molar-refractivity contribution in [1.29, 1.82) is 0 Å². The van der Waals surface area contributed by atoms with E-state index in [0.29, 0.717) is 12.1 Å². The maximum absolute atomic E-state index is 13.1. The second kappa shape index (κ2) is 6.51. The normalized spacial score (nSPS) is 26.4. The number of hydrogen-bond acceptors (Lipinski definition) is 4. The summed E-state index contributed by atoms with van der Waals surface area (Å²) in [6.45, 7) is 8.57. The van der Waals surface area contributed by atoms with Gasteiger partial charge in [0.05, 0.1) is 17.7 Å². The Morgan fingerprint density at radius 1 is 1.42 bits per heavy atom. The minimum atomic E-state index is -0.217. The Morgan fingerprint density at radius 2 is 2.08 bits per heavy atom. The van der Waals surface area contributed by atoms with Crippen LogP contribution in [0.25, 0.3) is 0 Å². The largest absolute Gasteiger partial charge is 0.378 e. The minimum Gasteiger partial charge on any atom is -0.378 e. The molecule has 1 heterocycles. The van der Waals surface area contributed by atoms with Crippen molar-refractivity contribution in [3.63, 3.8) is 0 Å². The number of carbonyl (C=O) groups excluding carboxylic acids is 1. The highest BCUT2D eigenvalue weighted by atomic mass is 16.5. The number of carbonyl (C=O) groups is 1. The SMILES string of the molecule is CCO[C@@H]1C[C@@H](N(C)C(=O)[C@H](C)c2c(C)noc2C)C12CCCC2. The summed E-state index contributed by atoms with van der Waals surface area (Å²) in [5.74, 6) is 0.694. The number of nitrogens with zero attached hydrogens (tertiary/aromatic N) is 2. The summed E-state index contributed by atoms with van der Waals surface area (Å²) in [5, 5.41) is 4.00. The van der Waals surface area contributed by atoms with Crippen molar-refractivity contribution >= 4 is 5.91 Å². The zero-order chi connectivity index (χ0) is 17.5. The average molecular weight is 334 g/mol. The smallest absolute Gasteiger partial charge is 0.230 e. The standard InChI is InChI=1S/C19H30N2O3/c1-6-23-16-11-15(19(16)9-7-8-10-19)21(5)18(22)12(2)17-13(3)20-24-14(17)4/h12,15-16H,6-11H2,1-5H3/t12-,15-,16-/m1/s1. The molecule has 5 nitrogen and oxygen atoms in total. The van der Waals surface area contributed by atoms with Crippen molar-refractivity contribution in [2.75, 3.05) is 13.7 Å². The van der Waals surface area contributed by atoms with Crippen LogP contribution >= 0.6 is 0 Å². The van der Waals surface area contributed by atoms with Crippen LogP contribution in [0.5, 0.6) is 0 Å². The van der Waals surface area contributed by atoms with Crippen LogP contribution in [0, 0.1) is 19.3 Å². The lowest BCUT2D eigenvalue weighted by Gasteiger charge is -2.57. The average Bonchev–Trinajstić information content (AvgIpc) is 3.18. The number of rotatable bonds is 5. The third-order valence-electron chi connectivity index (χ3n) is 6.35. The fraction of sp³-hybridized carbons (Fsp3) is 0.789. The molecule has 0 N–H and O–H groups in total. The lowest BCUT2D eigenvalue weighted by molar-refractivity contribution is -0.173. The molecule has 2 aliphatic rings. The minimum absolute atomic E-state index is 0.163. The molecule has 0 bridgehead atoms. The van der Waals surface area contributed by atoms with E-state index in [1.807, 2.05) is 32.7 Å². The van der Waals surface area contributed by atoms with Crippen LogP contribution in [-0.2, 0) is 9.53 Å². The Bertz CT molecular complexity index is 584. The highest BCUT2D eigenvalue weighted by Gasteiger charge is 2.59. The van der Waals surface area contributed by atoms with Crippen molar-refractivity contribution in [3.8, 4) is 0 Å². The summed E-state index contributed by atoms with van der Waals surface area (Å²) in [4.78, 5) is 15.1. The fourth-order valence-corrected chi connectivity index (χ4v) is 5.08. The Hall–Kier alpha value is -1.36. The molecule has 5 heteroatoms. The first-order chi connectivity index (χ1) is 11.4. The van der Waals surface area contributed by atoms with Crippen molar-refractivity contribution in [1.82, 2.24) is 10.1 Å². The number of aryl methyl sites for hydroxylation is 2. The summed E-state index contributed by atoms with van der Waals surface area (Å²) >= 11 is 0. The summed E-state index contributed by atoms with van der Waals surface area (Å²) < 4.78 is 11.2. The van der Waals surface area contributed by atoms with Crippen molar-refractivity contribution in [2.24, 2.45) is 5.41 Å². The van der Waals surface area contributed by atoms with Crippen LogP contribution in [0.1, 0.15) is 68.9 Å². The molecule has 1 spiro atoms. The van der Waals surface area contributed by atoms with Gasteiger partial charge in [0.25, 0.3) is 0 Å². The van der Waals surface area contributed by atoms with E-state index < -0.39 is 0 Å². The molecule has 3 rings (SSSR count). The van der Waals surface area contributed by atoms with Crippen LogP contribution in [0.3, 0.4) is 0 Å². The molecule has 0 radical (unpaired) electrons. The van der Waals surface area contributed by atoms with E-state index in [2.05, 4.69) is 12.1 Å². The monoisotopic (exact) mass is 334 g/mol. The number of likely N-dealkylation sites (N-methyl/N-ethyl adjacent to an activating group) is 1. The molecule has 0 unspecified atom stereocenters. The molecular formula is C19H30N2O3. The van der Waals surface area contributed by atoms with Gasteiger partial charge in [-0.3, -0.25) is 4.79 Å². The Labute approximate surface area is 144 Å². The Morgan fingerprint density at radius 3 is 2.62 bits per heavy atom. The molecule has 0 saturated heterocycles. The number of amides is 1. The van der Waals surface area contributed by atoms with Gasteiger partial charge in [0.15, 0.2) is 0 Å². The molecule has 24 heavy (non-hydrogen) atoms. The van der Waals surface area contributed by atoms with E-state index in [9.17, 15) is 4.79 Å². The molecule has 1 aromatic rings. The molecule has 134 valence electrons. The van der Waals surface area contributed by atoms with Gasteiger partial charge in [-0.25, -0.2) is 0 Å². The molecule has 3 atom stereocenters. The van der Waals surface area contributed by atoms with E-state index in [1.165, 1.54) is 25.7 Å². The van der Waals surface area contributed by atoms with E-state index in [4.69, 9.17) is 9.26 Å². The Kier molecular flexibility index (Phi) is 4.73. The first kappa shape index (κ1) is 17.5. The molecule has 1 aromatic heterocycles. The number of aromatic nitrogens is 1. The first-order valence-corrected chi connectivity index (χ1v) is 9.23. The predicted molar refractivity (Wildman–Crippen MR) is 91.9 cm³/mol. The summed E-state index contributed by atoms with van der Waals surface area (Å²) in [6.07, 6.45) is 6.15. The topological polar surface area (TPSA) is 55.6 Å². The van der Waals surface area contributed by atoms with Gasteiger partial charge in [-0.05, 0) is 47.0 Å². The van der Waals surface area contributed by atoms with Crippen molar-refractivity contribution in [2.45, 2.75) is 77.9 Å². The highest BCUT2D eigenvalue weighted by Crippen LogP contribution is 2.56. The van der Waals surface area contributed by atoms with Crippen LogP contribution in [-0.4, -0.2) is 41.8 Å². The lowest BCUT2D eigenvalue weighted by atomic mass is 9.60. The van der Waals surface area contributed by atoms with Crippen LogP contribution in [0.15, 0.2) is 4.52 Å². The summed E-state index contributed by atoms with van der Waals surface area (Å²) in [6, 6.07) is 0.298. The van der Waals surface area contributed by atoms with E-state index in [0.717, 1.165) is 30.0 Å². The van der Waals surface area contributed by atoms with Crippen molar-refractivity contribution in [3.05, 3.63) is 17.0 Å². The quantitative estimate of drug-likeness (QED) is 0.826. The number of hydrogen-bond donors (Lipinski definition) is 0. The van der Waals surface area contributed by atoms with Crippen LogP contribution < -0.4 is 0 Å². The van der Waals surface area contributed by atoms with E-state index >= 15 is 0 Å². The number of ether oxygens (including phenoxy) is 1. The van der Waals surface area contributed by atoms with E-state index in [1.54, 1.807) is 0 Å². The predicted octanol–water partition coefficient (Wildman–Crippen LogP) is 3.59. The molecule has 2 fully saturated rings. The Balaban J connectivity index is 1.76. The van der Waals surface area contributed by atoms with Gasteiger partial charge in [-0.15, -0.1) is 0 Å². The zero-order valence-corrected chi connectivity index (χ0v) is 15.6. The first-order valence-electron chi connectivity index (χ1n) is 9.23. The zero-order valence-electron chi connectivity index (χ0n) is 15.6. The molecule has 2 saturated carbocycles. The maximum atomic E-state index is 13.1. The maximum Gasteiger partial charge on any atom is 0.230 e. The van der Waals surface area contributed by atoms with Crippen LogP contribution in [0.2, 0.25) is 0 Å². The van der Waals surface area contributed by atoms with Crippen molar-refractivity contribution < 1.29 is 14.1 Å². The van der Waals surface area contributed by atoms with Gasteiger partial charge in [0, 0.05) is 30.7 Å². The van der Waals surface area contributed by atoms with E-state index in [-0.39, 0.29) is 17.2 Å². The van der Waals surface area contributed by atoms with Gasteiger partial charge in [-0.2, -0.15) is 0 Å². The third-order valence-corrected chi connectivity index (χ3v) is 6.35. The molecular weight excluding hydrogens is 304 g/mol. The van der Waals surface area contributed by atoms with Gasteiger partial charge < -0.3 is 14.2 Å². The fourth-order valence-electron chi connectivity index (χ4n) is 5.08. The second-order valence-corrected chi connectivity index (χ2v) is 7.54. The molecule has 1 amide bonds. The molecule has 0 aliphatic heterocycles. The molecule has 0 aromatic carbocycles. The summed E-state index contributed by atoms with van der Waals surface area (Å²) in [7, 11) is 1.96. The lowest BCUT2D eigenvalue weighted by Crippen LogP contribution is -2.64. The third kappa shape index (κ3) is 2.57. The van der Waals surface area contributed by atoms with Gasteiger partial charge >= 0.3 is 0 Å². The van der Waals surface area contributed by atoms with Crippen LogP contribution in [0.4, 0.5) is 0 Å². The van der Waals surface area contributed by atoms with Gasteiger partial charge in [0.1, 0.15) is 5.76 Å². The highest BCUT2D eigenvalue weighted by molar-refractivity contribution is 5.84. The molecule has 2 aliphatic carbocycles. The second-order valence-electron chi connectivity index (χ2n) is 7.54. The van der Waals surface area contributed by atoms with Gasteiger partial charge in [0.2, 0.25) is 5.91 Å². The van der Waals surface area contributed by atoms with Gasteiger partial charge in [-0.1, -0.05) is 18.0 Å². The summed E-state index contributed by atoms with van der Waals surface area (Å²) in [5.41, 5.74) is 1.94.